The van der Waals surface area contributed by atoms with E-state index in [9.17, 15) is 0 Å². The molecule has 0 aromatic carbocycles. The maximum Gasteiger partial charge on any atom is 0.0174 e. The van der Waals surface area contributed by atoms with Gasteiger partial charge in [-0.05, 0) is 12.0 Å². The van der Waals surface area contributed by atoms with Crippen molar-refractivity contribution in [2.75, 3.05) is 0 Å². The molecule has 0 saturated heterocycles. The van der Waals surface area contributed by atoms with Crippen molar-refractivity contribution in [1.29, 1.82) is 5.41 Å². The van der Waals surface area contributed by atoms with Crippen molar-refractivity contribution in [3.8, 4) is 0 Å². The fourth-order valence-corrected chi connectivity index (χ4v) is 0.278. The first-order valence-corrected chi connectivity index (χ1v) is 2.44. The molecule has 0 spiro atoms. The first-order chi connectivity index (χ1) is 3.27. The highest BCUT2D eigenvalue weighted by molar-refractivity contribution is 5.67. The Labute approximate surface area is 44.6 Å². The molecule has 0 fully saturated rings. The summed E-state index contributed by atoms with van der Waals surface area (Å²) in [6.07, 6.45) is 5.01. The first-order valence-electron chi connectivity index (χ1n) is 2.44. The number of hydrogen-bond acceptors (Lipinski definition) is 1. The van der Waals surface area contributed by atoms with Gasteiger partial charge in [0.25, 0.3) is 0 Å². The van der Waals surface area contributed by atoms with E-state index >= 15 is 0 Å². The van der Waals surface area contributed by atoms with E-state index in [0.29, 0.717) is 5.92 Å². The van der Waals surface area contributed by atoms with E-state index in [4.69, 9.17) is 5.41 Å². The molecular formula is C6H11N. The summed E-state index contributed by atoms with van der Waals surface area (Å²) in [6, 6.07) is 0. The number of nitrogens with one attached hydrogen (secondary N) is 1. The molecule has 0 atom stereocenters. The van der Waals surface area contributed by atoms with Gasteiger partial charge in [-0.2, -0.15) is 0 Å². The molecule has 0 aromatic heterocycles. The van der Waals surface area contributed by atoms with Crippen LogP contribution in [0.2, 0.25) is 0 Å². The van der Waals surface area contributed by atoms with Gasteiger partial charge in [0.05, 0.1) is 0 Å². The van der Waals surface area contributed by atoms with Crippen LogP contribution in [0, 0.1) is 11.3 Å². The topological polar surface area (TPSA) is 23.9 Å². The van der Waals surface area contributed by atoms with Crippen LogP contribution >= 0.6 is 0 Å². The Morgan fingerprint density at radius 1 is 1.43 bits per heavy atom. The highest BCUT2D eigenvalue weighted by Crippen LogP contribution is 1.90. The summed E-state index contributed by atoms with van der Waals surface area (Å²) < 4.78 is 0. The maximum atomic E-state index is 6.58. The van der Waals surface area contributed by atoms with Crippen LogP contribution in [0.5, 0.6) is 0 Å². The molecule has 0 amide bonds. The molecule has 0 aliphatic heterocycles. The number of hydrogen-bond donors (Lipinski definition) is 1. The van der Waals surface area contributed by atoms with Crippen molar-refractivity contribution in [3.63, 3.8) is 0 Å². The molecule has 0 bridgehead atoms. The Hall–Kier alpha value is -0.590. The quantitative estimate of drug-likeness (QED) is 0.508. The molecule has 0 unspecified atom stereocenters. The van der Waals surface area contributed by atoms with E-state index in [1.165, 1.54) is 6.21 Å². The summed E-state index contributed by atoms with van der Waals surface area (Å²) in [5.74, 6) is 0.571. The largest absolute Gasteiger partial charge is 0.309 e. The highest BCUT2D eigenvalue weighted by Gasteiger charge is 1.77. The zero-order valence-electron chi connectivity index (χ0n) is 4.81. The summed E-state index contributed by atoms with van der Waals surface area (Å²) >= 11 is 0. The van der Waals surface area contributed by atoms with Crippen LogP contribution in [0.1, 0.15) is 13.8 Å². The highest BCUT2D eigenvalue weighted by atomic mass is 14.3. The standard InChI is InChI=1S/C6H11N/c1-6(2)4-3-5-7/h3-7H,1-2H3. The molecule has 0 aromatic rings. The minimum atomic E-state index is 0.571. The van der Waals surface area contributed by atoms with E-state index in [1.54, 1.807) is 6.08 Å². The van der Waals surface area contributed by atoms with Crippen molar-refractivity contribution in [2.24, 2.45) is 5.92 Å². The first kappa shape index (κ1) is 6.41. The van der Waals surface area contributed by atoms with Gasteiger partial charge in [-0.15, -0.1) is 0 Å². The van der Waals surface area contributed by atoms with Crippen LogP contribution in [0.3, 0.4) is 0 Å². The molecule has 0 radical (unpaired) electrons. The molecule has 40 valence electrons. The van der Waals surface area contributed by atoms with Gasteiger partial charge in [0, 0.05) is 6.21 Å². The Kier molecular flexibility index (Phi) is 3.29. The van der Waals surface area contributed by atoms with Crippen LogP contribution in [-0.2, 0) is 0 Å². The van der Waals surface area contributed by atoms with Gasteiger partial charge in [0.2, 0.25) is 0 Å². The van der Waals surface area contributed by atoms with E-state index in [-0.39, 0.29) is 0 Å². The van der Waals surface area contributed by atoms with Crippen LogP contribution in [-0.4, -0.2) is 6.21 Å². The minimum Gasteiger partial charge on any atom is -0.309 e. The average Bonchev–Trinajstić information content (AvgIpc) is 1.61. The SMILES string of the molecule is CC(C)C=CC=N. The van der Waals surface area contributed by atoms with Crippen molar-refractivity contribution >= 4 is 6.21 Å². The molecule has 1 N–H and O–H groups in total. The molecule has 1 nitrogen and oxygen atoms in total. The Balaban J connectivity index is 3.25. The Morgan fingerprint density at radius 2 is 2.00 bits per heavy atom. The van der Waals surface area contributed by atoms with Gasteiger partial charge in [0.1, 0.15) is 0 Å². The predicted octanol–water partition coefficient (Wildman–Crippen LogP) is 1.85. The van der Waals surface area contributed by atoms with Crippen molar-refractivity contribution in [2.45, 2.75) is 13.8 Å². The summed E-state index contributed by atoms with van der Waals surface area (Å²) in [5.41, 5.74) is 0. The van der Waals surface area contributed by atoms with Gasteiger partial charge in [-0.3, -0.25) is 0 Å². The second kappa shape index (κ2) is 3.59. The fraction of sp³-hybridized carbons (Fsp3) is 0.500. The molecular weight excluding hydrogens is 86.1 g/mol. The predicted molar refractivity (Wildman–Crippen MR) is 32.8 cm³/mol. The number of rotatable bonds is 2. The zero-order chi connectivity index (χ0) is 5.70. The summed E-state index contributed by atoms with van der Waals surface area (Å²) in [6.45, 7) is 4.17. The molecule has 0 heterocycles. The lowest BCUT2D eigenvalue weighted by Crippen LogP contribution is -1.75. The second-order valence-electron chi connectivity index (χ2n) is 1.80. The van der Waals surface area contributed by atoms with E-state index in [0.717, 1.165) is 0 Å². The van der Waals surface area contributed by atoms with Crippen LogP contribution in [0.15, 0.2) is 12.2 Å². The maximum absolute atomic E-state index is 6.58. The van der Waals surface area contributed by atoms with E-state index in [1.807, 2.05) is 6.08 Å². The molecule has 0 aliphatic rings. The third kappa shape index (κ3) is 5.41. The lowest BCUT2D eigenvalue weighted by Gasteiger charge is -1.87. The second-order valence-corrected chi connectivity index (χ2v) is 1.80. The normalized spacial score (nSPS) is 10.7. The number of allylic oxidation sites excluding steroid dienone is 2. The monoisotopic (exact) mass is 97.1 g/mol. The van der Waals surface area contributed by atoms with Gasteiger partial charge >= 0.3 is 0 Å². The fourth-order valence-electron chi connectivity index (χ4n) is 0.278. The third-order valence-corrected chi connectivity index (χ3v) is 0.592. The molecule has 0 rings (SSSR count). The zero-order valence-corrected chi connectivity index (χ0v) is 4.81. The molecule has 7 heavy (non-hydrogen) atoms. The van der Waals surface area contributed by atoms with Crippen molar-refractivity contribution in [1.82, 2.24) is 0 Å². The minimum absolute atomic E-state index is 0.571. The summed E-state index contributed by atoms with van der Waals surface area (Å²) in [4.78, 5) is 0. The van der Waals surface area contributed by atoms with Crippen LogP contribution in [0.25, 0.3) is 0 Å². The lowest BCUT2D eigenvalue weighted by atomic mass is 10.2. The lowest BCUT2D eigenvalue weighted by molar-refractivity contribution is 0.833. The van der Waals surface area contributed by atoms with E-state index < -0.39 is 0 Å². The van der Waals surface area contributed by atoms with Gasteiger partial charge in [0.15, 0.2) is 0 Å². The van der Waals surface area contributed by atoms with Crippen molar-refractivity contribution < 1.29 is 0 Å². The van der Waals surface area contributed by atoms with Gasteiger partial charge in [-0.1, -0.05) is 19.9 Å². The molecule has 1 heteroatoms. The van der Waals surface area contributed by atoms with Crippen LogP contribution < -0.4 is 0 Å². The van der Waals surface area contributed by atoms with E-state index in [2.05, 4.69) is 13.8 Å². The summed E-state index contributed by atoms with van der Waals surface area (Å²) in [5, 5.41) is 6.58. The third-order valence-electron chi connectivity index (χ3n) is 0.592. The van der Waals surface area contributed by atoms with Gasteiger partial charge < -0.3 is 5.41 Å². The summed E-state index contributed by atoms with van der Waals surface area (Å²) in [7, 11) is 0. The van der Waals surface area contributed by atoms with Crippen molar-refractivity contribution in [3.05, 3.63) is 12.2 Å². The molecule has 0 saturated carbocycles. The molecule has 0 aliphatic carbocycles. The van der Waals surface area contributed by atoms with Crippen LogP contribution in [0.4, 0.5) is 0 Å². The smallest absolute Gasteiger partial charge is 0.0174 e. The van der Waals surface area contributed by atoms with Gasteiger partial charge in [-0.25, -0.2) is 0 Å². The average molecular weight is 97.2 g/mol. The Bertz CT molecular complexity index is 72.2. The Morgan fingerprint density at radius 3 is 2.14 bits per heavy atom.